The molecule has 0 aromatic heterocycles. The van der Waals surface area contributed by atoms with E-state index in [0.717, 1.165) is 12.1 Å². The number of likely N-dealkylation sites (tertiary alicyclic amines) is 1. The second-order valence-electron chi connectivity index (χ2n) is 6.77. The number of β-amino-alcohol motifs (C(OH)–C–C–N with tert-alkyl or cyclic N) is 2. The Hall–Kier alpha value is -1.14. The summed E-state index contributed by atoms with van der Waals surface area (Å²) in [5.74, 6) is 0.615. The molecule has 0 radical (unpaired) electrons. The van der Waals surface area contributed by atoms with Gasteiger partial charge in [0.2, 0.25) is 5.91 Å². The quantitative estimate of drug-likeness (QED) is 0.718. The summed E-state index contributed by atoms with van der Waals surface area (Å²) in [6.07, 6.45) is 1.80. The van der Waals surface area contributed by atoms with E-state index in [4.69, 9.17) is 11.6 Å². The fourth-order valence-electron chi connectivity index (χ4n) is 2.95. The Balaban J connectivity index is 1.53. The average Bonchev–Trinajstić information content (AvgIpc) is 3.28. The van der Waals surface area contributed by atoms with Gasteiger partial charge in [-0.2, -0.15) is 0 Å². The molecule has 2 fully saturated rings. The third-order valence-corrected chi connectivity index (χ3v) is 4.91. The summed E-state index contributed by atoms with van der Waals surface area (Å²) in [6, 6.07) is 7.13. The van der Waals surface area contributed by atoms with E-state index in [9.17, 15) is 15.0 Å². The highest BCUT2D eigenvalue weighted by Gasteiger charge is 2.45. The number of halogens is 1. The van der Waals surface area contributed by atoms with E-state index in [-0.39, 0.29) is 25.4 Å². The van der Waals surface area contributed by atoms with Gasteiger partial charge < -0.3 is 20.4 Å². The number of nitrogens with one attached hydrogen (secondary N) is 1. The zero-order chi connectivity index (χ0) is 16.4. The Kier molecular flexibility index (Phi) is 4.92. The monoisotopic (exact) mass is 338 g/mol. The van der Waals surface area contributed by atoms with Crippen LogP contribution in [0.3, 0.4) is 0 Å². The first-order valence-electron chi connectivity index (χ1n) is 8.10. The summed E-state index contributed by atoms with van der Waals surface area (Å²) < 4.78 is 0. The zero-order valence-corrected chi connectivity index (χ0v) is 13.8. The maximum Gasteiger partial charge on any atom is 0.227 e. The van der Waals surface area contributed by atoms with E-state index in [2.05, 4.69) is 5.32 Å². The number of carbonyl (C=O) groups is 1. The van der Waals surface area contributed by atoms with Gasteiger partial charge in [0.1, 0.15) is 11.7 Å². The number of aliphatic hydroxyl groups excluding tert-OH is 1. The molecule has 1 aromatic rings. The Bertz CT molecular complexity index is 561. The molecule has 3 rings (SSSR count). The predicted octanol–water partition coefficient (Wildman–Crippen LogP) is 0.816. The largest absolute Gasteiger partial charge is 0.388 e. The van der Waals surface area contributed by atoms with Gasteiger partial charge in [-0.05, 0) is 43.0 Å². The molecule has 1 heterocycles. The lowest BCUT2D eigenvalue weighted by Crippen LogP contribution is -2.50. The van der Waals surface area contributed by atoms with E-state index in [1.54, 1.807) is 12.1 Å². The fraction of sp³-hybridized carbons (Fsp3) is 0.588. The lowest BCUT2D eigenvalue weighted by molar-refractivity contribution is -0.130. The number of carbonyl (C=O) groups excluding carboxylic acids is 1. The van der Waals surface area contributed by atoms with Crippen LogP contribution in [0.2, 0.25) is 5.02 Å². The zero-order valence-electron chi connectivity index (χ0n) is 13.0. The van der Waals surface area contributed by atoms with Crippen LogP contribution in [0.1, 0.15) is 18.4 Å². The van der Waals surface area contributed by atoms with E-state index in [1.165, 1.54) is 17.7 Å². The van der Waals surface area contributed by atoms with Crippen molar-refractivity contribution >= 4 is 17.5 Å². The van der Waals surface area contributed by atoms with Crippen molar-refractivity contribution in [1.82, 2.24) is 10.2 Å². The van der Waals surface area contributed by atoms with Crippen LogP contribution >= 0.6 is 11.6 Å². The van der Waals surface area contributed by atoms with Gasteiger partial charge in [-0.3, -0.25) is 4.79 Å². The van der Waals surface area contributed by atoms with Crippen molar-refractivity contribution in [3.05, 3.63) is 34.9 Å². The van der Waals surface area contributed by atoms with Gasteiger partial charge in [0.25, 0.3) is 0 Å². The molecule has 2 aliphatic rings. The first-order valence-corrected chi connectivity index (χ1v) is 8.47. The molecule has 1 saturated heterocycles. The summed E-state index contributed by atoms with van der Waals surface area (Å²) in [5.41, 5.74) is -0.388. The molecule has 5 nitrogen and oxygen atoms in total. The number of nitrogens with zero attached hydrogens (tertiary/aromatic N) is 1. The summed E-state index contributed by atoms with van der Waals surface area (Å²) in [7, 11) is 0. The second kappa shape index (κ2) is 6.77. The first-order chi connectivity index (χ1) is 11.0. The van der Waals surface area contributed by atoms with Crippen LogP contribution in [-0.2, 0) is 11.2 Å². The lowest BCUT2D eigenvalue weighted by Gasteiger charge is -2.26. The molecule has 6 heteroatoms. The van der Waals surface area contributed by atoms with Crippen molar-refractivity contribution in [2.75, 3.05) is 26.2 Å². The Labute approximate surface area is 141 Å². The van der Waals surface area contributed by atoms with Crippen molar-refractivity contribution in [2.24, 2.45) is 5.92 Å². The van der Waals surface area contributed by atoms with Gasteiger partial charge in [-0.25, -0.2) is 0 Å². The van der Waals surface area contributed by atoms with Gasteiger partial charge in [-0.1, -0.05) is 23.7 Å². The smallest absolute Gasteiger partial charge is 0.227 e. The minimum absolute atomic E-state index is 0.0931. The number of rotatable bonds is 6. The van der Waals surface area contributed by atoms with Crippen molar-refractivity contribution in [3.63, 3.8) is 0 Å². The molecular weight excluding hydrogens is 316 g/mol. The Morgan fingerprint density at radius 1 is 1.35 bits per heavy atom. The molecule has 2 atom stereocenters. The van der Waals surface area contributed by atoms with Gasteiger partial charge >= 0.3 is 0 Å². The SMILES string of the molecule is O=C(Cc1ccc(Cl)cc1)N1C[C@@H](O)[C@](O)(CNCC2CC2)C1. The molecule has 23 heavy (non-hydrogen) atoms. The number of amides is 1. The van der Waals surface area contributed by atoms with Gasteiger partial charge in [0.15, 0.2) is 0 Å². The maximum atomic E-state index is 12.4. The predicted molar refractivity (Wildman–Crippen MR) is 88.3 cm³/mol. The van der Waals surface area contributed by atoms with Crippen LogP contribution in [0.4, 0.5) is 0 Å². The molecule has 1 aliphatic carbocycles. The number of hydrogen-bond acceptors (Lipinski definition) is 4. The van der Waals surface area contributed by atoms with Crippen molar-refractivity contribution in [3.8, 4) is 0 Å². The molecular formula is C17H23ClN2O3. The van der Waals surface area contributed by atoms with E-state index >= 15 is 0 Å². The second-order valence-corrected chi connectivity index (χ2v) is 7.21. The first kappa shape index (κ1) is 16.7. The van der Waals surface area contributed by atoms with Crippen LogP contribution in [-0.4, -0.2) is 58.9 Å². The third-order valence-electron chi connectivity index (χ3n) is 4.66. The van der Waals surface area contributed by atoms with Crippen LogP contribution in [0.5, 0.6) is 0 Å². The number of benzene rings is 1. The van der Waals surface area contributed by atoms with Crippen LogP contribution in [0, 0.1) is 5.92 Å². The molecule has 1 amide bonds. The molecule has 1 saturated carbocycles. The minimum atomic E-state index is -1.26. The minimum Gasteiger partial charge on any atom is -0.388 e. The fourth-order valence-corrected chi connectivity index (χ4v) is 3.07. The third kappa shape index (κ3) is 4.23. The molecule has 126 valence electrons. The number of hydrogen-bond donors (Lipinski definition) is 3. The summed E-state index contributed by atoms with van der Waals surface area (Å²) in [5, 5.41) is 24.6. The molecule has 1 aromatic carbocycles. The molecule has 1 aliphatic heterocycles. The van der Waals surface area contributed by atoms with Crippen LogP contribution < -0.4 is 5.32 Å². The van der Waals surface area contributed by atoms with E-state index in [1.807, 2.05) is 12.1 Å². The topological polar surface area (TPSA) is 72.8 Å². The van der Waals surface area contributed by atoms with Crippen molar-refractivity contribution < 1.29 is 15.0 Å². The Morgan fingerprint density at radius 3 is 2.70 bits per heavy atom. The normalized spacial score (nSPS) is 27.4. The van der Waals surface area contributed by atoms with Crippen LogP contribution in [0.25, 0.3) is 0 Å². The van der Waals surface area contributed by atoms with Gasteiger partial charge in [0, 0.05) is 18.1 Å². The molecule has 0 bridgehead atoms. The lowest BCUT2D eigenvalue weighted by atomic mass is 10.0. The highest BCUT2D eigenvalue weighted by Crippen LogP contribution is 2.28. The highest BCUT2D eigenvalue weighted by atomic mass is 35.5. The highest BCUT2D eigenvalue weighted by molar-refractivity contribution is 6.30. The Morgan fingerprint density at radius 2 is 2.04 bits per heavy atom. The maximum absolute atomic E-state index is 12.4. The standard InChI is InChI=1S/C17H23ClN2O3/c18-14-5-3-12(4-6-14)7-16(22)20-9-15(21)17(23,11-20)10-19-8-13-1-2-13/h3-6,13,15,19,21,23H,1-2,7-11H2/t15-,17+/m1/s1. The average molecular weight is 339 g/mol. The van der Waals surface area contributed by atoms with Crippen LogP contribution in [0.15, 0.2) is 24.3 Å². The molecule has 3 N–H and O–H groups in total. The molecule has 0 unspecified atom stereocenters. The van der Waals surface area contributed by atoms with Gasteiger partial charge in [-0.15, -0.1) is 0 Å². The summed E-state index contributed by atoms with van der Waals surface area (Å²) in [6.45, 7) is 1.52. The summed E-state index contributed by atoms with van der Waals surface area (Å²) >= 11 is 5.84. The van der Waals surface area contributed by atoms with E-state index < -0.39 is 11.7 Å². The van der Waals surface area contributed by atoms with E-state index in [0.29, 0.717) is 17.5 Å². The van der Waals surface area contributed by atoms with Crippen molar-refractivity contribution in [1.29, 1.82) is 0 Å². The number of aliphatic hydroxyl groups is 2. The summed E-state index contributed by atoms with van der Waals surface area (Å²) in [4.78, 5) is 13.9. The van der Waals surface area contributed by atoms with Gasteiger partial charge in [0.05, 0.1) is 13.0 Å². The molecule has 0 spiro atoms. The van der Waals surface area contributed by atoms with Crippen molar-refractivity contribution in [2.45, 2.75) is 31.0 Å².